The van der Waals surface area contributed by atoms with E-state index >= 15 is 0 Å². The maximum Gasteiger partial charge on any atom is 0.264 e. The Balaban J connectivity index is 1.58. The molecule has 40 heavy (non-hydrogen) atoms. The molecule has 4 aromatic rings. The van der Waals surface area contributed by atoms with Gasteiger partial charge in [0.2, 0.25) is 0 Å². The predicted molar refractivity (Wildman–Crippen MR) is 152 cm³/mol. The summed E-state index contributed by atoms with van der Waals surface area (Å²) in [5.41, 5.74) is 3.77. The van der Waals surface area contributed by atoms with Crippen LogP contribution in [0.3, 0.4) is 0 Å². The van der Waals surface area contributed by atoms with Crippen molar-refractivity contribution in [2.24, 2.45) is 14.1 Å². The van der Waals surface area contributed by atoms with Crippen LogP contribution >= 0.6 is 0 Å². The Kier molecular flexibility index (Phi) is 6.78. The summed E-state index contributed by atoms with van der Waals surface area (Å²) in [4.78, 5) is 33.0. The molecule has 0 amide bonds. The van der Waals surface area contributed by atoms with E-state index in [9.17, 15) is 18.4 Å². The monoisotopic (exact) mass is 546 g/mol. The minimum absolute atomic E-state index is 0.0734. The fraction of sp³-hybridized carbons (Fsp3) is 0.387. The third-order valence-corrected chi connectivity index (χ3v) is 8.31. The van der Waals surface area contributed by atoms with Gasteiger partial charge in [-0.3, -0.25) is 9.59 Å². The lowest BCUT2D eigenvalue weighted by Crippen LogP contribution is -2.28. The summed E-state index contributed by atoms with van der Waals surface area (Å²) >= 11 is 0. The molecular weight excluding hydrogens is 514 g/mol. The molecule has 0 bridgehead atoms. The van der Waals surface area contributed by atoms with Crippen LogP contribution in [-0.4, -0.2) is 33.9 Å². The molecule has 6 rings (SSSR count). The maximum absolute atomic E-state index is 14.6. The van der Waals surface area contributed by atoms with E-state index < -0.39 is 6.43 Å². The van der Waals surface area contributed by atoms with Crippen molar-refractivity contribution in [1.82, 2.24) is 14.1 Å². The van der Waals surface area contributed by atoms with Gasteiger partial charge in [-0.1, -0.05) is 0 Å². The van der Waals surface area contributed by atoms with E-state index in [1.54, 1.807) is 50.0 Å². The summed E-state index contributed by atoms with van der Waals surface area (Å²) in [6, 6.07) is 10.4. The molecule has 2 aliphatic heterocycles. The average molecular weight is 547 g/mol. The Hall–Kier alpha value is -3.85. The van der Waals surface area contributed by atoms with E-state index in [4.69, 9.17) is 9.72 Å². The molecule has 0 atom stereocenters. The minimum Gasteiger partial charge on any atom is -0.381 e. The first-order chi connectivity index (χ1) is 19.2. The molecule has 0 radical (unpaired) electrons. The Morgan fingerprint density at radius 1 is 1.02 bits per heavy atom. The van der Waals surface area contributed by atoms with Gasteiger partial charge in [0.1, 0.15) is 5.82 Å². The van der Waals surface area contributed by atoms with Crippen molar-refractivity contribution in [3.05, 3.63) is 85.7 Å². The highest BCUT2D eigenvalue weighted by Crippen LogP contribution is 2.42. The Bertz CT molecular complexity index is 1740. The molecule has 0 aliphatic carbocycles. The number of ether oxygens (including phenoxy) is 1. The second-order valence-corrected chi connectivity index (χ2v) is 10.8. The van der Waals surface area contributed by atoms with E-state index in [-0.39, 0.29) is 33.7 Å². The summed E-state index contributed by atoms with van der Waals surface area (Å²) in [6.45, 7) is 3.68. The van der Waals surface area contributed by atoms with Crippen LogP contribution in [0.1, 0.15) is 54.0 Å². The number of nitrogens with zero attached hydrogens (tertiary/aromatic N) is 4. The van der Waals surface area contributed by atoms with Crippen LogP contribution in [0.15, 0.2) is 52.2 Å². The van der Waals surface area contributed by atoms with Crippen molar-refractivity contribution in [1.29, 1.82) is 0 Å². The molecule has 7 nitrogen and oxygen atoms in total. The molecule has 0 spiro atoms. The van der Waals surface area contributed by atoms with Crippen molar-refractivity contribution < 1.29 is 13.5 Å². The van der Waals surface area contributed by atoms with Crippen LogP contribution in [0.5, 0.6) is 0 Å². The van der Waals surface area contributed by atoms with Gasteiger partial charge in [0.05, 0.1) is 5.52 Å². The largest absolute Gasteiger partial charge is 0.381 e. The van der Waals surface area contributed by atoms with Crippen LogP contribution < -0.4 is 16.0 Å². The zero-order valence-electron chi connectivity index (χ0n) is 22.9. The molecule has 0 N–H and O–H groups in total. The van der Waals surface area contributed by atoms with E-state index in [1.807, 2.05) is 17.0 Å². The van der Waals surface area contributed by atoms with Crippen LogP contribution in [0.4, 0.5) is 20.3 Å². The Labute approximate surface area is 230 Å². The van der Waals surface area contributed by atoms with Crippen molar-refractivity contribution in [2.45, 2.75) is 45.0 Å². The first-order valence-corrected chi connectivity index (χ1v) is 13.7. The second kappa shape index (κ2) is 10.3. The number of pyridine rings is 3. The standard InChI is InChI=1S/C31H32F2N4O3/c1-18-14-24-27(36(3)30(18)38)17-25(19-8-12-40-13-9-19)34-29(24)37-11-4-6-20-15-22(23(28(32)33)16-26(20)37)21-7-5-10-35(2)31(21)39/h5,7,10,14-17,19,28H,4,6,8-9,11-13H2,1-3H3. The van der Waals surface area contributed by atoms with E-state index in [1.165, 1.54) is 10.6 Å². The molecular formula is C31H32F2N4O3. The van der Waals surface area contributed by atoms with Crippen LogP contribution in [0.2, 0.25) is 0 Å². The van der Waals surface area contributed by atoms with Crippen molar-refractivity contribution in [3.63, 3.8) is 0 Å². The van der Waals surface area contributed by atoms with E-state index in [2.05, 4.69) is 0 Å². The van der Waals surface area contributed by atoms with Crippen LogP contribution in [0.25, 0.3) is 22.0 Å². The number of aromatic nitrogens is 3. The SMILES string of the molecule is Cc1cc2c(N3CCCc4cc(-c5cccn(C)c5=O)c(C(F)F)cc43)nc(C3CCOCC3)cc2n(C)c1=O. The summed E-state index contributed by atoms with van der Waals surface area (Å²) < 4.78 is 37.8. The van der Waals surface area contributed by atoms with Crippen molar-refractivity contribution in [3.8, 4) is 11.1 Å². The molecule has 0 unspecified atom stereocenters. The number of alkyl halides is 2. The number of halogens is 2. The fourth-order valence-electron chi connectivity index (χ4n) is 6.11. The highest BCUT2D eigenvalue weighted by molar-refractivity contribution is 5.93. The number of hydrogen-bond donors (Lipinski definition) is 0. The van der Waals surface area contributed by atoms with Gasteiger partial charge in [0.25, 0.3) is 17.5 Å². The topological polar surface area (TPSA) is 69.4 Å². The average Bonchev–Trinajstić information content (AvgIpc) is 2.96. The lowest BCUT2D eigenvalue weighted by Gasteiger charge is -2.33. The van der Waals surface area contributed by atoms with E-state index in [0.717, 1.165) is 41.4 Å². The third-order valence-electron chi connectivity index (χ3n) is 8.31. The summed E-state index contributed by atoms with van der Waals surface area (Å²) in [7, 11) is 3.38. The molecule has 2 aliphatic rings. The molecule has 208 valence electrons. The van der Waals surface area contributed by atoms with Gasteiger partial charge < -0.3 is 18.8 Å². The zero-order valence-corrected chi connectivity index (χ0v) is 22.9. The fourth-order valence-corrected chi connectivity index (χ4v) is 6.11. The van der Waals surface area contributed by atoms with Gasteiger partial charge in [-0.25, -0.2) is 13.8 Å². The molecule has 3 aromatic heterocycles. The van der Waals surface area contributed by atoms with Crippen molar-refractivity contribution >= 4 is 22.4 Å². The molecule has 1 saturated heterocycles. The molecule has 1 aromatic carbocycles. The van der Waals surface area contributed by atoms with Crippen LogP contribution in [-0.2, 0) is 25.3 Å². The molecule has 1 fully saturated rings. The molecule has 5 heterocycles. The lowest BCUT2D eigenvalue weighted by molar-refractivity contribution is 0.0845. The second-order valence-electron chi connectivity index (χ2n) is 10.8. The Morgan fingerprint density at radius 3 is 2.55 bits per heavy atom. The highest BCUT2D eigenvalue weighted by Gasteiger charge is 2.28. The number of rotatable bonds is 4. The van der Waals surface area contributed by atoms with Crippen LogP contribution in [0, 0.1) is 6.92 Å². The van der Waals surface area contributed by atoms with Crippen molar-refractivity contribution in [2.75, 3.05) is 24.7 Å². The van der Waals surface area contributed by atoms with Gasteiger partial charge in [-0.05, 0) is 80.1 Å². The summed E-state index contributed by atoms with van der Waals surface area (Å²) in [5, 5.41) is 0.808. The quantitative estimate of drug-likeness (QED) is 0.337. The first-order valence-electron chi connectivity index (χ1n) is 13.7. The third kappa shape index (κ3) is 4.42. The smallest absolute Gasteiger partial charge is 0.264 e. The number of anilines is 2. The van der Waals surface area contributed by atoms with Gasteiger partial charge >= 0.3 is 0 Å². The van der Waals surface area contributed by atoms with Gasteiger partial charge in [-0.2, -0.15) is 0 Å². The summed E-state index contributed by atoms with van der Waals surface area (Å²) in [6.07, 6.45) is 2.01. The number of benzene rings is 1. The van der Waals surface area contributed by atoms with Gasteiger partial charge in [0.15, 0.2) is 0 Å². The summed E-state index contributed by atoms with van der Waals surface area (Å²) in [5.74, 6) is 0.855. The van der Waals surface area contributed by atoms with Gasteiger partial charge in [0, 0.05) is 79.4 Å². The first kappa shape index (κ1) is 26.4. The zero-order chi connectivity index (χ0) is 28.1. The number of fused-ring (bicyclic) bond motifs is 2. The lowest BCUT2D eigenvalue weighted by atomic mass is 9.92. The number of aryl methyl sites for hydroxylation is 4. The number of hydrogen-bond acceptors (Lipinski definition) is 5. The maximum atomic E-state index is 14.6. The minimum atomic E-state index is -2.77. The van der Waals surface area contributed by atoms with Gasteiger partial charge in [-0.15, -0.1) is 0 Å². The molecule has 0 saturated carbocycles. The molecule has 9 heteroatoms. The Morgan fingerprint density at radius 2 is 1.80 bits per heavy atom. The normalized spacial score (nSPS) is 16.1. The van der Waals surface area contributed by atoms with E-state index in [0.29, 0.717) is 43.2 Å². The predicted octanol–water partition coefficient (Wildman–Crippen LogP) is 5.52. The highest BCUT2D eigenvalue weighted by atomic mass is 19.3.